The molecule has 2 aliphatic rings. The van der Waals surface area contributed by atoms with Gasteiger partial charge in [-0.2, -0.15) is 4.72 Å². The number of nitrogens with zero attached hydrogens (tertiary/aromatic N) is 2. The Balaban J connectivity index is 1.28. The summed E-state index contributed by atoms with van der Waals surface area (Å²) in [5.74, 6) is 1.94. The molecule has 1 saturated heterocycles. The van der Waals surface area contributed by atoms with Crippen LogP contribution in [0.1, 0.15) is 11.1 Å². The molecule has 3 aromatic carbocycles. The van der Waals surface area contributed by atoms with Crippen LogP contribution in [0.25, 0.3) is 0 Å². The van der Waals surface area contributed by atoms with Crippen molar-refractivity contribution in [3.8, 4) is 23.0 Å². The van der Waals surface area contributed by atoms with E-state index in [1.165, 1.54) is 32.4 Å². The second kappa shape index (κ2) is 12.2. The summed E-state index contributed by atoms with van der Waals surface area (Å²) in [6.45, 7) is 3.28. The molecule has 2 aliphatic heterocycles. The van der Waals surface area contributed by atoms with E-state index in [1.54, 1.807) is 4.90 Å². The van der Waals surface area contributed by atoms with Crippen molar-refractivity contribution < 1.29 is 32.2 Å². The highest BCUT2D eigenvalue weighted by Crippen LogP contribution is 2.33. The Hall–Kier alpha value is -3.80. The number of amides is 1. The fraction of sp³-hybridized carbons (Fsp3) is 0.345. The van der Waals surface area contributed by atoms with Gasteiger partial charge in [-0.05, 0) is 41.8 Å². The van der Waals surface area contributed by atoms with E-state index >= 15 is 0 Å². The van der Waals surface area contributed by atoms with Crippen LogP contribution in [0.2, 0.25) is 0 Å². The number of benzene rings is 3. The van der Waals surface area contributed by atoms with Gasteiger partial charge in [-0.25, -0.2) is 8.42 Å². The van der Waals surface area contributed by atoms with Gasteiger partial charge in [-0.3, -0.25) is 9.69 Å². The maximum atomic E-state index is 13.7. The van der Waals surface area contributed by atoms with Crippen LogP contribution < -0.4 is 23.7 Å². The topological polar surface area (TPSA) is 107 Å². The van der Waals surface area contributed by atoms with E-state index < -0.39 is 16.1 Å². The highest BCUT2D eigenvalue weighted by molar-refractivity contribution is 7.89. The van der Waals surface area contributed by atoms with Crippen LogP contribution in [0.15, 0.2) is 71.6 Å². The average Bonchev–Trinajstić information content (AvgIpc) is 3.45. The summed E-state index contributed by atoms with van der Waals surface area (Å²) in [5, 5.41) is 0. The Morgan fingerprint density at radius 1 is 0.875 bits per heavy atom. The SMILES string of the molecule is COc1ccc(S(=O)(=O)N[C@@H](Cc2ccccc2)C(=O)N2CCN(Cc3ccc4c(c3)OCO4)CC2)cc1OC. The number of carbonyl (C=O) groups excluding carboxylic acids is 1. The van der Waals surface area contributed by atoms with Crippen molar-refractivity contribution in [1.29, 1.82) is 0 Å². The first-order chi connectivity index (χ1) is 19.4. The van der Waals surface area contributed by atoms with Gasteiger partial charge in [0.2, 0.25) is 22.7 Å². The number of nitrogens with one attached hydrogen (secondary N) is 1. The average molecular weight is 568 g/mol. The van der Waals surface area contributed by atoms with Crippen LogP contribution in [0, 0.1) is 0 Å². The first kappa shape index (κ1) is 27.8. The third kappa shape index (κ3) is 6.33. The molecule has 1 atom stereocenters. The second-order valence-corrected chi connectivity index (χ2v) is 11.4. The third-order valence-corrected chi connectivity index (χ3v) is 8.54. The predicted molar refractivity (Wildman–Crippen MR) is 148 cm³/mol. The fourth-order valence-corrected chi connectivity index (χ4v) is 6.12. The molecule has 212 valence electrons. The Labute approximate surface area is 234 Å². The zero-order valence-electron chi connectivity index (χ0n) is 22.5. The number of fused-ring (bicyclic) bond motifs is 1. The summed E-state index contributed by atoms with van der Waals surface area (Å²) in [6, 6.07) is 18.7. The number of hydrogen-bond donors (Lipinski definition) is 1. The van der Waals surface area contributed by atoms with E-state index in [2.05, 4.69) is 9.62 Å². The van der Waals surface area contributed by atoms with Gasteiger partial charge in [-0.15, -0.1) is 0 Å². The number of methoxy groups -OCH3 is 2. The third-order valence-electron chi connectivity index (χ3n) is 7.07. The highest BCUT2D eigenvalue weighted by atomic mass is 32.2. The zero-order valence-corrected chi connectivity index (χ0v) is 23.4. The molecule has 1 fully saturated rings. The molecule has 0 radical (unpaired) electrons. The van der Waals surface area contributed by atoms with Gasteiger partial charge in [0.15, 0.2) is 23.0 Å². The lowest BCUT2D eigenvalue weighted by Crippen LogP contribution is -2.55. The number of ether oxygens (including phenoxy) is 4. The predicted octanol–water partition coefficient (Wildman–Crippen LogP) is 2.67. The molecule has 2 heterocycles. The van der Waals surface area contributed by atoms with Crippen LogP contribution in [0.4, 0.5) is 0 Å². The summed E-state index contributed by atoms with van der Waals surface area (Å²) in [6.07, 6.45) is 0.226. The highest BCUT2D eigenvalue weighted by Gasteiger charge is 2.32. The molecule has 1 amide bonds. The van der Waals surface area contributed by atoms with Gasteiger partial charge >= 0.3 is 0 Å². The Bertz CT molecular complexity index is 1440. The minimum atomic E-state index is -4.04. The fourth-order valence-electron chi connectivity index (χ4n) is 4.91. The molecule has 0 bridgehead atoms. The maximum Gasteiger partial charge on any atom is 0.241 e. The smallest absolute Gasteiger partial charge is 0.241 e. The molecule has 0 aromatic heterocycles. The second-order valence-electron chi connectivity index (χ2n) is 9.67. The van der Waals surface area contributed by atoms with Gasteiger partial charge in [0.05, 0.1) is 19.1 Å². The van der Waals surface area contributed by atoms with Crippen molar-refractivity contribution in [3.63, 3.8) is 0 Å². The summed E-state index contributed by atoms with van der Waals surface area (Å²) in [4.78, 5) is 17.7. The first-order valence-electron chi connectivity index (χ1n) is 13.0. The molecule has 3 aromatic rings. The molecule has 0 saturated carbocycles. The number of carbonyl (C=O) groups is 1. The molecule has 0 unspecified atom stereocenters. The quantitative estimate of drug-likeness (QED) is 0.399. The van der Waals surface area contributed by atoms with E-state index in [9.17, 15) is 13.2 Å². The molecule has 10 nitrogen and oxygen atoms in total. The number of rotatable bonds is 10. The van der Waals surface area contributed by atoms with E-state index in [4.69, 9.17) is 18.9 Å². The van der Waals surface area contributed by atoms with Crippen molar-refractivity contribution in [1.82, 2.24) is 14.5 Å². The van der Waals surface area contributed by atoms with Gasteiger partial charge in [-0.1, -0.05) is 36.4 Å². The maximum absolute atomic E-state index is 13.7. The van der Waals surface area contributed by atoms with Crippen molar-refractivity contribution in [2.75, 3.05) is 47.2 Å². The number of piperazine rings is 1. The molecule has 11 heteroatoms. The Morgan fingerprint density at radius 3 is 2.33 bits per heavy atom. The minimum Gasteiger partial charge on any atom is -0.493 e. The van der Waals surface area contributed by atoms with Crippen molar-refractivity contribution >= 4 is 15.9 Å². The molecule has 1 N–H and O–H groups in total. The van der Waals surface area contributed by atoms with Crippen LogP contribution in [-0.2, 0) is 27.8 Å². The lowest BCUT2D eigenvalue weighted by molar-refractivity contribution is -0.134. The van der Waals surface area contributed by atoms with E-state index in [1.807, 2.05) is 48.5 Å². The zero-order chi connectivity index (χ0) is 28.1. The van der Waals surface area contributed by atoms with Gasteiger partial charge in [0.25, 0.3) is 0 Å². The van der Waals surface area contributed by atoms with E-state index in [0.717, 1.165) is 29.2 Å². The molecule has 0 spiro atoms. The van der Waals surface area contributed by atoms with Crippen LogP contribution in [-0.4, -0.2) is 77.4 Å². The number of hydrogen-bond acceptors (Lipinski definition) is 8. The Kier molecular flexibility index (Phi) is 8.43. The van der Waals surface area contributed by atoms with Gasteiger partial charge < -0.3 is 23.8 Å². The van der Waals surface area contributed by atoms with E-state index in [-0.39, 0.29) is 29.8 Å². The molecule has 5 rings (SSSR count). The van der Waals surface area contributed by atoms with Crippen LogP contribution in [0.5, 0.6) is 23.0 Å². The summed E-state index contributed by atoms with van der Waals surface area (Å²) in [5.41, 5.74) is 1.96. The van der Waals surface area contributed by atoms with E-state index in [0.29, 0.717) is 31.9 Å². The molecular weight excluding hydrogens is 534 g/mol. The van der Waals surface area contributed by atoms with Crippen LogP contribution in [0.3, 0.4) is 0 Å². The first-order valence-corrected chi connectivity index (χ1v) is 14.5. The van der Waals surface area contributed by atoms with Crippen molar-refractivity contribution in [2.24, 2.45) is 0 Å². The van der Waals surface area contributed by atoms with Crippen LogP contribution >= 0.6 is 0 Å². The van der Waals surface area contributed by atoms with Gasteiger partial charge in [0.1, 0.15) is 6.04 Å². The van der Waals surface area contributed by atoms with Gasteiger partial charge in [0, 0.05) is 38.8 Å². The summed E-state index contributed by atoms with van der Waals surface area (Å²) < 4.78 is 50.9. The minimum absolute atomic E-state index is 0.00967. The standard InChI is InChI=1S/C29H33N3O7S/c1-36-25-11-9-23(18-27(25)37-2)40(34,35)30-24(16-21-6-4-3-5-7-21)29(33)32-14-12-31(13-15-32)19-22-8-10-26-28(17-22)39-20-38-26/h3-11,17-18,24,30H,12-16,19-20H2,1-2H3/t24-/m0/s1. The summed E-state index contributed by atoms with van der Waals surface area (Å²) in [7, 11) is -1.12. The lowest BCUT2D eigenvalue weighted by atomic mass is 10.1. The number of sulfonamides is 1. The van der Waals surface area contributed by atoms with Crippen molar-refractivity contribution in [3.05, 3.63) is 77.9 Å². The lowest BCUT2D eigenvalue weighted by Gasteiger charge is -2.36. The largest absolute Gasteiger partial charge is 0.493 e. The summed E-state index contributed by atoms with van der Waals surface area (Å²) >= 11 is 0. The molecular formula is C29H33N3O7S. The van der Waals surface area contributed by atoms with Crippen molar-refractivity contribution in [2.45, 2.75) is 23.9 Å². The Morgan fingerprint density at radius 2 is 1.60 bits per heavy atom. The normalized spacial score (nSPS) is 16.0. The molecule has 0 aliphatic carbocycles. The monoisotopic (exact) mass is 567 g/mol. The molecule has 40 heavy (non-hydrogen) atoms.